The molecule has 0 saturated carbocycles. The molecule has 0 aliphatic rings. The predicted molar refractivity (Wildman–Crippen MR) is 85.6 cm³/mol. The van der Waals surface area contributed by atoms with E-state index in [1.807, 2.05) is 6.92 Å². The van der Waals surface area contributed by atoms with Crippen molar-refractivity contribution in [3.63, 3.8) is 0 Å². The van der Waals surface area contributed by atoms with Crippen LogP contribution >= 0.6 is 15.9 Å². The Balaban J connectivity index is 2.18. The van der Waals surface area contributed by atoms with Crippen LogP contribution in [0.25, 0.3) is 0 Å². The molecule has 1 unspecified atom stereocenters. The van der Waals surface area contributed by atoms with Crippen molar-refractivity contribution in [3.8, 4) is 0 Å². The first-order valence-corrected chi connectivity index (χ1v) is 7.29. The SMILES string of the molecule is Cc1ccc(C(C)NC(=O)c2cc(N)ccc2Br)cc1F. The Hall–Kier alpha value is -1.88. The van der Waals surface area contributed by atoms with Crippen LogP contribution in [0.4, 0.5) is 10.1 Å². The number of carbonyl (C=O) groups is 1. The lowest BCUT2D eigenvalue weighted by atomic mass is 10.1. The Morgan fingerprint density at radius 2 is 2.00 bits per heavy atom. The van der Waals surface area contributed by atoms with Gasteiger partial charge in [-0.15, -0.1) is 0 Å². The summed E-state index contributed by atoms with van der Waals surface area (Å²) >= 11 is 3.32. The summed E-state index contributed by atoms with van der Waals surface area (Å²) in [5.74, 6) is -0.540. The highest BCUT2D eigenvalue weighted by Crippen LogP contribution is 2.21. The van der Waals surface area contributed by atoms with Gasteiger partial charge in [0.15, 0.2) is 0 Å². The van der Waals surface area contributed by atoms with Gasteiger partial charge >= 0.3 is 0 Å². The van der Waals surface area contributed by atoms with Crippen LogP contribution in [0.1, 0.15) is 34.5 Å². The molecular formula is C16H16BrFN2O. The van der Waals surface area contributed by atoms with E-state index in [2.05, 4.69) is 21.2 Å². The van der Waals surface area contributed by atoms with Crippen LogP contribution in [0.5, 0.6) is 0 Å². The van der Waals surface area contributed by atoms with Crippen LogP contribution in [-0.2, 0) is 0 Å². The number of nitrogens with one attached hydrogen (secondary N) is 1. The van der Waals surface area contributed by atoms with Crippen molar-refractivity contribution in [2.45, 2.75) is 19.9 Å². The van der Waals surface area contributed by atoms with Crippen molar-refractivity contribution in [2.75, 3.05) is 5.73 Å². The zero-order valence-corrected chi connectivity index (χ0v) is 13.4. The summed E-state index contributed by atoms with van der Waals surface area (Å²) in [6.07, 6.45) is 0. The first-order valence-electron chi connectivity index (χ1n) is 6.50. The molecule has 110 valence electrons. The van der Waals surface area contributed by atoms with Crippen molar-refractivity contribution in [2.24, 2.45) is 0 Å². The van der Waals surface area contributed by atoms with E-state index in [1.165, 1.54) is 6.07 Å². The smallest absolute Gasteiger partial charge is 0.252 e. The number of anilines is 1. The van der Waals surface area contributed by atoms with E-state index in [-0.39, 0.29) is 17.8 Å². The third kappa shape index (κ3) is 3.61. The van der Waals surface area contributed by atoms with E-state index in [9.17, 15) is 9.18 Å². The van der Waals surface area contributed by atoms with Gasteiger partial charge in [-0.2, -0.15) is 0 Å². The lowest BCUT2D eigenvalue weighted by molar-refractivity contribution is 0.0939. The van der Waals surface area contributed by atoms with Gasteiger partial charge in [0.05, 0.1) is 11.6 Å². The van der Waals surface area contributed by atoms with Crippen LogP contribution in [0.3, 0.4) is 0 Å². The number of benzene rings is 2. The molecule has 0 saturated heterocycles. The van der Waals surface area contributed by atoms with Gasteiger partial charge in [0.2, 0.25) is 0 Å². The maximum Gasteiger partial charge on any atom is 0.252 e. The number of nitrogens with two attached hydrogens (primary N) is 1. The summed E-state index contributed by atoms with van der Waals surface area (Å²) in [5, 5.41) is 2.84. The summed E-state index contributed by atoms with van der Waals surface area (Å²) in [4.78, 5) is 12.3. The average Bonchev–Trinajstić information content (AvgIpc) is 2.44. The molecule has 2 aromatic rings. The van der Waals surface area contributed by atoms with Crippen LogP contribution < -0.4 is 11.1 Å². The van der Waals surface area contributed by atoms with Crippen molar-refractivity contribution >= 4 is 27.5 Å². The van der Waals surface area contributed by atoms with Gasteiger partial charge in [-0.25, -0.2) is 4.39 Å². The minimum Gasteiger partial charge on any atom is -0.399 e. The van der Waals surface area contributed by atoms with E-state index < -0.39 is 0 Å². The Bertz CT molecular complexity index is 688. The number of nitrogen functional groups attached to an aromatic ring is 1. The molecule has 0 bridgehead atoms. The van der Waals surface area contributed by atoms with Crippen molar-refractivity contribution in [3.05, 3.63) is 63.4 Å². The van der Waals surface area contributed by atoms with Crippen LogP contribution in [-0.4, -0.2) is 5.91 Å². The Labute approximate surface area is 131 Å². The number of amides is 1. The Morgan fingerprint density at radius 3 is 2.67 bits per heavy atom. The lowest BCUT2D eigenvalue weighted by Gasteiger charge is -2.16. The fourth-order valence-corrected chi connectivity index (χ4v) is 2.38. The highest BCUT2D eigenvalue weighted by atomic mass is 79.9. The maximum absolute atomic E-state index is 13.6. The van der Waals surface area contributed by atoms with Crippen molar-refractivity contribution < 1.29 is 9.18 Å². The van der Waals surface area contributed by atoms with E-state index >= 15 is 0 Å². The van der Waals surface area contributed by atoms with E-state index in [1.54, 1.807) is 37.3 Å². The highest BCUT2D eigenvalue weighted by Gasteiger charge is 2.15. The molecule has 0 heterocycles. The second kappa shape index (κ2) is 6.26. The highest BCUT2D eigenvalue weighted by molar-refractivity contribution is 9.10. The third-order valence-corrected chi connectivity index (χ3v) is 3.97. The van der Waals surface area contributed by atoms with E-state index in [0.717, 1.165) is 0 Å². The van der Waals surface area contributed by atoms with Gasteiger partial charge in [-0.3, -0.25) is 4.79 Å². The summed E-state index contributed by atoms with van der Waals surface area (Å²) in [7, 11) is 0. The fraction of sp³-hybridized carbons (Fsp3) is 0.188. The van der Waals surface area contributed by atoms with Gasteiger partial charge < -0.3 is 11.1 Å². The monoisotopic (exact) mass is 350 g/mol. The molecule has 1 atom stereocenters. The average molecular weight is 351 g/mol. The molecule has 21 heavy (non-hydrogen) atoms. The topological polar surface area (TPSA) is 55.1 Å². The molecule has 3 nitrogen and oxygen atoms in total. The summed E-state index contributed by atoms with van der Waals surface area (Å²) in [6.45, 7) is 3.51. The minimum atomic E-state index is -0.305. The van der Waals surface area contributed by atoms with Gasteiger partial charge in [-0.1, -0.05) is 12.1 Å². The lowest BCUT2D eigenvalue weighted by Crippen LogP contribution is -2.27. The van der Waals surface area contributed by atoms with Gasteiger partial charge in [0.25, 0.3) is 5.91 Å². The molecule has 2 rings (SSSR count). The quantitative estimate of drug-likeness (QED) is 0.823. The molecule has 0 radical (unpaired) electrons. The first-order chi connectivity index (χ1) is 9.88. The minimum absolute atomic E-state index is 0.261. The second-order valence-corrected chi connectivity index (χ2v) is 5.80. The molecule has 5 heteroatoms. The molecule has 3 N–H and O–H groups in total. The largest absolute Gasteiger partial charge is 0.399 e. The molecule has 0 aliphatic heterocycles. The number of hydrogen-bond donors (Lipinski definition) is 2. The predicted octanol–water partition coefficient (Wildman–Crippen LogP) is 3.97. The number of carbonyl (C=O) groups excluding carboxylic acids is 1. The molecule has 1 amide bonds. The standard InChI is InChI=1S/C16H16BrFN2O/c1-9-3-4-11(7-15(9)18)10(2)20-16(21)13-8-12(19)5-6-14(13)17/h3-8,10H,19H2,1-2H3,(H,20,21). The second-order valence-electron chi connectivity index (χ2n) is 4.94. The normalized spacial score (nSPS) is 12.0. The number of aryl methyl sites for hydroxylation is 1. The summed E-state index contributed by atoms with van der Waals surface area (Å²) < 4.78 is 14.2. The summed E-state index contributed by atoms with van der Waals surface area (Å²) in [6, 6.07) is 9.67. The molecule has 2 aromatic carbocycles. The number of rotatable bonds is 3. The van der Waals surface area contributed by atoms with E-state index in [4.69, 9.17) is 5.73 Å². The maximum atomic E-state index is 13.6. The molecule has 0 aliphatic carbocycles. The van der Waals surface area contributed by atoms with Crippen LogP contribution in [0.2, 0.25) is 0 Å². The molecule has 0 aromatic heterocycles. The molecule has 0 spiro atoms. The molecule has 0 fully saturated rings. The first kappa shape index (κ1) is 15.5. The van der Waals surface area contributed by atoms with Crippen LogP contribution in [0, 0.1) is 12.7 Å². The summed E-state index contributed by atoms with van der Waals surface area (Å²) in [5.41, 5.74) is 7.95. The van der Waals surface area contributed by atoms with Gasteiger partial charge in [-0.05, 0) is 65.2 Å². The zero-order chi connectivity index (χ0) is 15.6. The number of halogens is 2. The Morgan fingerprint density at radius 1 is 1.29 bits per heavy atom. The van der Waals surface area contributed by atoms with E-state index in [0.29, 0.717) is 26.9 Å². The number of hydrogen-bond acceptors (Lipinski definition) is 2. The van der Waals surface area contributed by atoms with Gasteiger partial charge in [0, 0.05) is 10.2 Å². The zero-order valence-electron chi connectivity index (χ0n) is 11.8. The third-order valence-electron chi connectivity index (χ3n) is 3.28. The van der Waals surface area contributed by atoms with Gasteiger partial charge in [0.1, 0.15) is 5.82 Å². The Kier molecular flexibility index (Phi) is 4.63. The van der Waals surface area contributed by atoms with Crippen LogP contribution in [0.15, 0.2) is 40.9 Å². The molecular weight excluding hydrogens is 335 g/mol. The van der Waals surface area contributed by atoms with Crippen molar-refractivity contribution in [1.82, 2.24) is 5.32 Å². The fourth-order valence-electron chi connectivity index (χ4n) is 1.95. The van der Waals surface area contributed by atoms with Crippen molar-refractivity contribution in [1.29, 1.82) is 0 Å².